The summed E-state index contributed by atoms with van der Waals surface area (Å²) in [5.74, 6) is 1.95. The Morgan fingerprint density at radius 3 is 2.31 bits per heavy atom. The lowest BCUT2D eigenvalue weighted by molar-refractivity contribution is -0.219. The summed E-state index contributed by atoms with van der Waals surface area (Å²) in [7, 11) is 3.72. The van der Waals surface area contributed by atoms with Crippen LogP contribution in [0.15, 0.2) is 42.5 Å². The summed E-state index contributed by atoms with van der Waals surface area (Å²) in [6, 6.07) is 7.55. The number of hydrogen-bond donors (Lipinski definition) is 2. The van der Waals surface area contributed by atoms with Gasteiger partial charge in [0.1, 0.15) is 0 Å². The number of carbonyl (C=O) groups excluding carboxylic acids is 1. The fraction of sp³-hybridized carbons (Fsp3) is 0.714. The van der Waals surface area contributed by atoms with Crippen LogP contribution in [0, 0.1) is 51.2 Å². The van der Waals surface area contributed by atoms with Crippen molar-refractivity contribution in [3.63, 3.8) is 0 Å². The highest BCUT2D eigenvalue weighted by Gasteiger charge is 2.70. The van der Waals surface area contributed by atoms with E-state index in [0.29, 0.717) is 48.3 Å². The molecule has 2 N–H and O–H groups in total. The van der Waals surface area contributed by atoms with E-state index >= 15 is 0 Å². The van der Waals surface area contributed by atoms with Gasteiger partial charge in [0.05, 0.1) is 18.7 Å². The predicted molar refractivity (Wildman–Crippen MR) is 194 cm³/mol. The Kier molecular flexibility index (Phi) is 9.15. The molecule has 4 fully saturated rings. The minimum absolute atomic E-state index is 0.00423. The summed E-state index contributed by atoms with van der Waals surface area (Å²) < 4.78 is 5.26. The van der Waals surface area contributed by atoms with Gasteiger partial charge in [0, 0.05) is 19.2 Å². The van der Waals surface area contributed by atoms with Crippen molar-refractivity contribution in [2.75, 3.05) is 33.9 Å². The highest BCUT2D eigenvalue weighted by Crippen LogP contribution is 2.76. The van der Waals surface area contributed by atoms with Gasteiger partial charge in [-0.3, -0.25) is 9.69 Å². The number of amides is 1. The van der Waals surface area contributed by atoms with Crippen molar-refractivity contribution in [1.82, 2.24) is 10.2 Å². The number of likely N-dealkylation sites (N-methyl/N-ethyl adjacent to an activating group) is 1. The summed E-state index contributed by atoms with van der Waals surface area (Å²) in [5, 5.41) is 13.2. The molecule has 5 aliphatic rings. The molecule has 1 aromatic carbocycles. The highest BCUT2D eigenvalue weighted by molar-refractivity contribution is 5.88. The lowest BCUT2D eigenvalue weighted by Gasteiger charge is -2.72. The Bertz CT molecular complexity index is 1460. The molecule has 0 spiro atoms. The quantitative estimate of drug-likeness (QED) is 0.260. The standard InChI is InChI=1S/C42H62N2O4/c1-27(2)30-16-21-42(43-35(45)26-44(8)24-25-48-9)23-22-40(6)32(36(30)42)14-15-34-39(5)19-17-31(28-10-12-29(13-11-28)37(46)47)38(3,4)33(39)18-20-41(34,40)7/h10-13,17,30,32-34,36H,1,14-16,18-26H2,2-9H3,(H,43,45)(H,46,47)/t30-,32+,33-,34+,36+,39-,40+,41+,42-/m0/s1. The van der Waals surface area contributed by atoms with Crippen LogP contribution >= 0.6 is 0 Å². The number of hydrogen-bond acceptors (Lipinski definition) is 4. The van der Waals surface area contributed by atoms with Crippen LogP contribution in [0.25, 0.3) is 5.57 Å². The molecule has 1 aromatic rings. The predicted octanol–water partition coefficient (Wildman–Crippen LogP) is 8.48. The molecule has 6 rings (SSSR count). The lowest BCUT2D eigenvalue weighted by Crippen LogP contribution is -2.68. The molecule has 6 nitrogen and oxygen atoms in total. The van der Waals surface area contributed by atoms with Crippen LogP contribution in [-0.4, -0.2) is 61.3 Å². The molecule has 0 heterocycles. The molecule has 0 unspecified atom stereocenters. The third-order valence-corrected chi connectivity index (χ3v) is 15.6. The molecule has 0 radical (unpaired) electrons. The fourth-order valence-electron chi connectivity index (χ4n) is 13.1. The van der Waals surface area contributed by atoms with E-state index in [-0.39, 0.29) is 33.1 Å². The van der Waals surface area contributed by atoms with Crippen molar-refractivity contribution < 1.29 is 19.4 Å². The summed E-state index contributed by atoms with van der Waals surface area (Å²) in [6.07, 6.45) is 13.0. The minimum Gasteiger partial charge on any atom is -0.478 e. The number of rotatable bonds is 9. The Hall–Kier alpha value is -2.44. The molecular weight excluding hydrogens is 596 g/mol. The molecule has 0 aliphatic heterocycles. The molecular formula is C42H62N2O4. The minimum atomic E-state index is -0.873. The molecule has 264 valence electrons. The summed E-state index contributed by atoms with van der Waals surface area (Å²) in [6.45, 7) is 21.4. The van der Waals surface area contributed by atoms with Crippen LogP contribution in [-0.2, 0) is 9.53 Å². The molecule has 1 amide bonds. The Labute approximate surface area is 290 Å². The maximum absolute atomic E-state index is 13.6. The average Bonchev–Trinajstić information content (AvgIpc) is 3.39. The van der Waals surface area contributed by atoms with Gasteiger partial charge in [0.2, 0.25) is 5.91 Å². The SMILES string of the molecule is C=C(C)[C@@H]1CC[C@]2(NC(=O)CN(C)CCOC)CC[C@]3(C)[C@H](CC[C@@H]4[C@@]5(C)CC=C(c6ccc(C(=O)O)cc6)C(C)(C)[C@@H]5CC[C@]43C)[C@@H]12. The van der Waals surface area contributed by atoms with Crippen molar-refractivity contribution >= 4 is 17.4 Å². The van der Waals surface area contributed by atoms with Crippen molar-refractivity contribution in [1.29, 1.82) is 0 Å². The van der Waals surface area contributed by atoms with Gasteiger partial charge in [-0.25, -0.2) is 4.79 Å². The normalized spacial score (nSPS) is 39.8. The number of carboxylic acids is 1. The van der Waals surface area contributed by atoms with Gasteiger partial charge in [0.25, 0.3) is 0 Å². The smallest absolute Gasteiger partial charge is 0.335 e. The van der Waals surface area contributed by atoms with Crippen LogP contribution in [0.3, 0.4) is 0 Å². The number of fused-ring (bicyclic) bond motifs is 7. The number of methoxy groups -OCH3 is 1. The number of allylic oxidation sites excluding steroid dienone is 3. The number of nitrogens with one attached hydrogen (secondary N) is 1. The molecule has 0 bridgehead atoms. The summed E-state index contributed by atoms with van der Waals surface area (Å²) in [4.78, 5) is 27.2. The third kappa shape index (κ3) is 5.34. The van der Waals surface area contributed by atoms with Crippen LogP contribution in [0.4, 0.5) is 0 Å². The van der Waals surface area contributed by atoms with Crippen LogP contribution in [0.5, 0.6) is 0 Å². The topological polar surface area (TPSA) is 78.9 Å². The van der Waals surface area contributed by atoms with Crippen molar-refractivity contribution in [3.05, 3.63) is 53.6 Å². The van der Waals surface area contributed by atoms with Crippen LogP contribution in [0.1, 0.15) is 115 Å². The van der Waals surface area contributed by atoms with Gasteiger partial charge in [-0.2, -0.15) is 0 Å². The number of ether oxygens (including phenoxy) is 1. The zero-order valence-electron chi connectivity index (χ0n) is 31.1. The Balaban J connectivity index is 1.30. The van der Waals surface area contributed by atoms with Gasteiger partial charge < -0.3 is 15.2 Å². The fourth-order valence-corrected chi connectivity index (χ4v) is 13.1. The first-order chi connectivity index (χ1) is 22.5. The molecule has 0 aromatic heterocycles. The molecule has 0 saturated heterocycles. The average molecular weight is 659 g/mol. The molecule has 48 heavy (non-hydrogen) atoms. The van der Waals surface area contributed by atoms with E-state index in [1.807, 2.05) is 19.2 Å². The Morgan fingerprint density at radius 1 is 0.958 bits per heavy atom. The highest BCUT2D eigenvalue weighted by atomic mass is 16.5. The van der Waals surface area contributed by atoms with E-state index in [4.69, 9.17) is 4.74 Å². The first kappa shape index (κ1) is 35.4. The van der Waals surface area contributed by atoms with E-state index in [2.05, 4.69) is 64.4 Å². The zero-order valence-corrected chi connectivity index (χ0v) is 31.1. The number of carboxylic acid groups (broad SMARTS) is 1. The number of aromatic carboxylic acids is 1. The summed E-state index contributed by atoms with van der Waals surface area (Å²) in [5.41, 5.74) is 4.68. The second kappa shape index (κ2) is 12.4. The summed E-state index contributed by atoms with van der Waals surface area (Å²) >= 11 is 0. The van der Waals surface area contributed by atoms with E-state index in [1.54, 1.807) is 19.2 Å². The van der Waals surface area contributed by atoms with Crippen molar-refractivity contribution in [2.45, 2.75) is 105 Å². The van der Waals surface area contributed by atoms with E-state index in [9.17, 15) is 14.7 Å². The van der Waals surface area contributed by atoms with E-state index in [1.165, 1.54) is 48.8 Å². The maximum Gasteiger partial charge on any atom is 0.335 e. The van der Waals surface area contributed by atoms with Crippen molar-refractivity contribution in [3.8, 4) is 0 Å². The maximum atomic E-state index is 13.6. The van der Waals surface area contributed by atoms with Gasteiger partial charge >= 0.3 is 5.97 Å². The first-order valence-corrected chi connectivity index (χ1v) is 18.7. The second-order valence-corrected chi connectivity index (χ2v) is 18.0. The van der Waals surface area contributed by atoms with Gasteiger partial charge in [-0.15, -0.1) is 0 Å². The number of benzene rings is 1. The van der Waals surface area contributed by atoms with Gasteiger partial charge in [-0.1, -0.05) is 65.0 Å². The first-order valence-electron chi connectivity index (χ1n) is 18.7. The number of nitrogens with zero attached hydrogens (tertiary/aromatic N) is 1. The van der Waals surface area contributed by atoms with Crippen LogP contribution < -0.4 is 5.32 Å². The molecule has 9 atom stereocenters. The van der Waals surface area contributed by atoms with Gasteiger partial charge in [0.15, 0.2) is 0 Å². The zero-order chi connectivity index (χ0) is 34.9. The lowest BCUT2D eigenvalue weighted by atomic mass is 9.33. The second-order valence-electron chi connectivity index (χ2n) is 18.0. The largest absolute Gasteiger partial charge is 0.478 e. The molecule has 5 aliphatic carbocycles. The third-order valence-electron chi connectivity index (χ3n) is 15.6. The van der Waals surface area contributed by atoms with E-state index in [0.717, 1.165) is 32.2 Å². The van der Waals surface area contributed by atoms with Crippen molar-refractivity contribution in [2.24, 2.45) is 51.2 Å². The monoisotopic (exact) mass is 658 g/mol. The van der Waals surface area contributed by atoms with E-state index < -0.39 is 5.97 Å². The number of carbonyl (C=O) groups is 2. The van der Waals surface area contributed by atoms with Crippen LogP contribution in [0.2, 0.25) is 0 Å². The van der Waals surface area contributed by atoms with Gasteiger partial charge in [-0.05, 0) is 146 Å². The Morgan fingerprint density at radius 2 is 1.67 bits per heavy atom. The molecule has 6 heteroatoms. The molecule has 4 saturated carbocycles.